The normalized spacial score (nSPS) is 15.2. The van der Waals surface area contributed by atoms with Gasteiger partial charge in [-0.1, -0.05) is 25.1 Å². The van der Waals surface area contributed by atoms with Crippen LogP contribution >= 0.6 is 0 Å². The third kappa shape index (κ3) is 3.98. The average molecular weight is 338 g/mol. The third-order valence-electron chi connectivity index (χ3n) is 4.76. The van der Waals surface area contributed by atoms with Crippen LogP contribution in [0, 0.1) is 12.8 Å². The van der Waals surface area contributed by atoms with Crippen molar-refractivity contribution in [3.63, 3.8) is 0 Å². The van der Waals surface area contributed by atoms with Gasteiger partial charge in [0, 0.05) is 31.0 Å². The maximum atomic E-state index is 13.0. The minimum atomic E-state index is -0.0779. The molecule has 2 heterocycles. The zero-order valence-electron chi connectivity index (χ0n) is 15.3. The van der Waals surface area contributed by atoms with Crippen LogP contribution in [0.5, 0.6) is 0 Å². The monoisotopic (exact) mass is 338 g/mol. The molecule has 1 fully saturated rings. The fourth-order valence-electron chi connectivity index (χ4n) is 3.20. The molecule has 1 aromatic carbocycles. The fraction of sp³-hybridized carbons (Fsp3) is 0.450. The van der Waals surface area contributed by atoms with Crippen molar-refractivity contribution in [3.05, 3.63) is 47.8 Å². The van der Waals surface area contributed by atoms with Gasteiger partial charge >= 0.3 is 0 Å². The van der Waals surface area contributed by atoms with Crippen molar-refractivity contribution in [3.8, 4) is 0 Å². The molecule has 2 aromatic rings. The summed E-state index contributed by atoms with van der Waals surface area (Å²) in [7, 11) is 0. The zero-order valence-corrected chi connectivity index (χ0v) is 15.3. The molecule has 0 atom stereocenters. The van der Waals surface area contributed by atoms with E-state index in [-0.39, 0.29) is 5.91 Å². The third-order valence-corrected chi connectivity index (χ3v) is 4.76. The first kappa shape index (κ1) is 17.4. The number of carbonyl (C=O) groups is 1. The van der Waals surface area contributed by atoms with Crippen molar-refractivity contribution in [1.29, 1.82) is 0 Å². The molecule has 3 rings (SSSR count). The lowest BCUT2D eigenvalue weighted by atomic mass is 10.00. The van der Waals surface area contributed by atoms with Gasteiger partial charge in [0.1, 0.15) is 5.69 Å². The molecule has 0 N–H and O–H groups in total. The van der Waals surface area contributed by atoms with Crippen LogP contribution < -0.4 is 9.80 Å². The van der Waals surface area contributed by atoms with Gasteiger partial charge in [0.05, 0.1) is 0 Å². The molecule has 0 saturated carbocycles. The Bertz CT molecular complexity index is 724. The Morgan fingerprint density at radius 1 is 1.20 bits per heavy atom. The van der Waals surface area contributed by atoms with Gasteiger partial charge in [0.15, 0.2) is 0 Å². The maximum absolute atomic E-state index is 13.0. The van der Waals surface area contributed by atoms with E-state index in [4.69, 9.17) is 0 Å². The molecule has 25 heavy (non-hydrogen) atoms. The lowest BCUT2D eigenvalue weighted by Gasteiger charge is -2.30. The summed E-state index contributed by atoms with van der Waals surface area (Å²) >= 11 is 0. The van der Waals surface area contributed by atoms with Gasteiger partial charge in [-0.05, 0) is 50.8 Å². The van der Waals surface area contributed by atoms with Gasteiger partial charge in [-0.3, -0.25) is 4.79 Å². The number of piperidine rings is 1. The van der Waals surface area contributed by atoms with E-state index in [0.29, 0.717) is 18.2 Å². The molecule has 0 unspecified atom stereocenters. The summed E-state index contributed by atoms with van der Waals surface area (Å²) in [5, 5.41) is 0. The Morgan fingerprint density at radius 2 is 1.88 bits per heavy atom. The van der Waals surface area contributed by atoms with Crippen LogP contribution in [0.3, 0.4) is 0 Å². The molecule has 5 heteroatoms. The number of hydrogen-bond acceptors (Lipinski definition) is 4. The molecular weight excluding hydrogens is 312 g/mol. The van der Waals surface area contributed by atoms with Crippen LogP contribution in [0.25, 0.3) is 0 Å². The second-order valence-corrected chi connectivity index (χ2v) is 6.75. The van der Waals surface area contributed by atoms with E-state index in [2.05, 4.69) is 21.8 Å². The summed E-state index contributed by atoms with van der Waals surface area (Å²) in [6.45, 7) is 8.69. The largest absolute Gasteiger partial charge is 0.341 e. The number of rotatable bonds is 4. The van der Waals surface area contributed by atoms with Crippen LogP contribution in [0.15, 0.2) is 36.4 Å². The highest BCUT2D eigenvalue weighted by atomic mass is 16.2. The standard InChI is InChI=1S/C20H26N4O/c1-4-24(17-8-6-5-7-9-17)19(25)18-14-16(3)21-20(22-18)23-12-10-15(2)11-13-23/h5-9,14-15H,4,10-13H2,1-3H3. The number of nitrogens with zero attached hydrogens (tertiary/aromatic N) is 4. The first-order chi connectivity index (χ1) is 12.1. The molecular formula is C20H26N4O. The first-order valence-electron chi connectivity index (χ1n) is 9.06. The molecule has 1 aliphatic heterocycles. The van der Waals surface area contributed by atoms with Crippen molar-refractivity contribution < 1.29 is 4.79 Å². The lowest BCUT2D eigenvalue weighted by molar-refractivity contribution is 0.0983. The first-order valence-corrected chi connectivity index (χ1v) is 9.06. The summed E-state index contributed by atoms with van der Waals surface area (Å²) in [4.78, 5) is 26.2. The molecule has 0 bridgehead atoms. The Labute approximate surface area is 149 Å². The maximum Gasteiger partial charge on any atom is 0.277 e. The number of carbonyl (C=O) groups excluding carboxylic acids is 1. The number of hydrogen-bond donors (Lipinski definition) is 0. The predicted octanol–water partition coefficient (Wildman–Crippen LogP) is 3.69. The van der Waals surface area contributed by atoms with Crippen molar-refractivity contribution >= 4 is 17.5 Å². The van der Waals surface area contributed by atoms with Crippen LogP contribution in [0.2, 0.25) is 0 Å². The van der Waals surface area contributed by atoms with Crippen LogP contribution in [0.1, 0.15) is 42.9 Å². The van der Waals surface area contributed by atoms with E-state index in [1.54, 1.807) is 11.0 Å². The van der Waals surface area contributed by atoms with E-state index < -0.39 is 0 Å². The Kier molecular flexibility index (Phi) is 5.31. The molecule has 132 valence electrons. The van der Waals surface area contributed by atoms with E-state index >= 15 is 0 Å². The highest BCUT2D eigenvalue weighted by Gasteiger charge is 2.22. The number of para-hydroxylation sites is 1. The molecule has 0 radical (unpaired) electrons. The quantitative estimate of drug-likeness (QED) is 0.853. The smallest absolute Gasteiger partial charge is 0.277 e. The van der Waals surface area contributed by atoms with Gasteiger partial charge in [0.25, 0.3) is 5.91 Å². The van der Waals surface area contributed by atoms with E-state index in [1.165, 1.54) is 0 Å². The van der Waals surface area contributed by atoms with Gasteiger partial charge in [0.2, 0.25) is 5.95 Å². The van der Waals surface area contributed by atoms with Crippen LogP contribution in [-0.2, 0) is 0 Å². The molecule has 1 saturated heterocycles. The minimum absolute atomic E-state index is 0.0779. The van der Waals surface area contributed by atoms with E-state index in [9.17, 15) is 4.79 Å². The van der Waals surface area contributed by atoms with Crippen molar-refractivity contribution in [2.75, 3.05) is 29.4 Å². The number of anilines is 2. The number of aromatic nitrogens is 2. The predicted molar refractivity (Wildman–Crippen MR) is 101 cm³/mol. The molecule has 5 nitrogen and oxygen atoms in total. The highest BCUT2D eigenvalue weighted by molar-refractivity contribution is 6.04. The number of aryl methyl sites for hydroxylation is 1. The van der Waals surface area contributed by atoms with Crippen molar-refractivity contribution in [2.45, 2.75) is 33.6 Å². The number of benzene rings is 1. The summed E-state index contributed by atoms with van der Waals surface area (Å²) in [5.41, 5.74) is 2.18. The second-order valence-electron chi connectivity index (χ2n) is 6.75. The molecule has 0 aliphatic carbocycles. The summed E-state index contributed by atoms with van der Waals surface area (Å²) in [6.07, 6.45) is 2.29. The van der Waals surface area contributed by atoms with Gasteiger partial charge in [-0.25, -0.2) is 9.97 Å². The Balaban J connectivity index is 1.87. The van der Waals surface area contributed by atoms with E-state index in [0.717, 1.165) is 43.2 Å². The molecule has 1 aromatic heterocycles. The second kappa shape index (κ2) is 7.64. The Morgan fingerprint density at radius 3 is 2.52 bits per heavy atom. The van der Waals surface area contributed by atoms with Crippen molar-refractivity contribution in [1.82, 2.24) is 9.97 Å². The SMILES string of the molecule is CCN(C(=O)c1cc(C)nc(N2CCC(C)CC2)n1)c1ccccc1. The lowest BCUT2D eigenvalue weighted by Crippen LogP contribution is -2.35. The molecule has 1 amide bonds. The summed E-state index contributed by atoms with van der Waals surface area (Å²) in [5.74, 6) is 1.35. The summed E-state index contributed by atoms with van der Waals surface area (Å²) < 4.78 is 0. The summed E-state index contributed by atoms with van der Waals surface area (Å²) in [6, 6.07) is 11.5. The van der Waals surface area contributed by atoms with Crippen molar-refractivity contribution in [2.24, 2.45) is 5.92 Å². The van der Waals surface area contributed by atoms with E-state index in [1.807, 2.05) is 44.2 Å². The molecule has 1 aliphatic rings. The fourth-order valence-corrected chi connectivity index (χ4v) is 3.20. The van der Waals surface area contributed by atoms with Gasteiger partial charge in [-0.15, -0.1) is 0 Å². The molecule has 0 spiro atoms. The zero-order chi connectivity index (χ0) is 17.8. The van der Waals surface area contributed by atoms with Gasteiger partial charge < -0.3 is 9.80 Å². The highest BCUT2D eigenvalue weighted by Crippen LogP contribution is 2.22. The van der Waals surface area contributed by atoms with Crippen LogP contribution in [-0.4, -0.2) is 35.5 Å². The van der Waals surface area contributed by atoms with Gasteiger partial charge in [-0.2, -0.15) is 0 Å². The average Bonchev–Trinajstić information content (AvgIpc) is 2.63. The minimum Gasteiger partial charge on any atom is -0.341 e. The van der Waals surface area contributed by atoms with Crippen LogP contribution in [0.4, 0.5) is 11.6 Å². The number of amides is 1. The topological polar surface area (TPSA) is 49.3 Å². The Hall–Kier alpha value is -2.43.